The average molecular weight is 379 g/mol. The van der Waals surface area contributed by atoms with E-state index in [0.29, 0.717) is 19.6 Å². The minimum Gasteiger partial charge on any atom is -0.444 e. The third-order valence-electron chi connectivity index (χ3n) is 3.85. The first kappa shape index (κ1) is 22.9. The third-order valence-corrected chi connectivity index (χ3v) is 3.85. The zero-order chi connectivity index (χ0) is 20.4. The Morgan fingerprint density at radius 1 is 1.19 bits per heavy atom. The maximum Gasteiger partial charge on any atom is 0.407 e. The minimum absolute atomic E-state index is 0.0184. The van der Waals surface area contributed by atoms with Gasteiger partial charge in [-0.2, -0.15) is 0 Å². The smallest absolute Gasteiger partial charge is 0.407 e. The van der Waals surface area contributed by atoms with E-state index in [2.05, 4.69) is 29.5 Å². The van der Waals surface area contributed by atoms with Gasteiger partial charge in [0.25, 0.3) is 0 Å². The van der Waals surface area contributed by atoms with Crippen LogP contribution in [-0.4, -0.2) is 46.7 Å². The molecule has 0 aliphatic carbocycles. The van der Waals surface area contributed by atoms with Crippen molar-refractivity contribution < 1.29 is 14.3 Å². The molecule has 7 nitrogen and oxygen atoms in total. The van der Waals surface area contributed by atoms with Crippen LogP contribution in [0.15, 0.2) is 24.5 Å². The molecule has 2 amide bonds. The van der Waals surface area contributed by atoms with Gasteiger partial charge >= 0.3 is 6.09 Å². The molecule has 1 rings (SSSR count). The highest BCUT2D eigenvalue weighted by Gasteiger charge is 2.23. The minimum atomic E-state index is -0.500. The van der Waals surface area contributed by atoms with Crippen molar-refractivity contribution in [2.24, 2.45) is 5.92 Å². The van der Waals surface area contributed by atoms with E-state index in [4.69, 9.17) is 4.74 Å². The number of hydrogen-bond donors (Lipinski definition) is 2. The summed E-state index contributed by atoms with van der Waals surface area (Å²) in [5, 5.41) is 6.19. The molecule has 0 saturated heterocycles. The molecule has 27 heavy (non-hydrogen) atoms. The van der Waals surface area contributed by atoms with Crippen LogP contribution in [0.1, 0.15) is 53.5 Å². The molecule has 1 atom stereocenters. The van der Waals surface area contributed by atoms with Gasteiger partial charge in [-0.05, 0) is 57.4 Å². The van der Waals surface area contributed by atoms with E-state index in [9.17, 15) is 9.59 Å². The lowest BCUT2D eigenvalue weighted by molar-refractivity contribution is -0.133. The summed E-state index contributed by atoms with van der Waals surface area (Å²) in [5.74, 6) is 0.263. The van der Waals surface area contributed by atoms with Crippen molar-refractivity contribution in [2.45, 2.75) is 66.3 Å². The van der Waals surface area contributed by atoms with Crippen LogP contribution in [0.25, 0.3) is 0 Å². The van der Waals surface area contributed by atoms with Crippen molar-refractivity contribution in [3.8, 4) is 0 Å². The van der Waals surface area contributed by atoms with E-state index in [1.165, 1.54) is 0 Å². The van der Waals surface area contributed by atoms with Gasteiger partial charge < -0.3 is 15.0 Å². The van der Waals surface area contributed by atoms with E-state index >= 15 is 0 Å². The number of amides is 2. The number of carbonyl (C=O) groups excluding carboxylic acids is 2. The number of aromatic nitrogens is 1. The number of rotatable bonds is 9. The van der Waals surface area contributed by atoms with Crippen LogP contribution in [-0.2, 0) is 16.1 Å². The summed E-state index contributed by atoms with van der Waals surface area (Å²) in [4.78, 5) is 29.7. The van der Waals surface area contributed by atoms with Gasteiger partial charge in [0.2, 0.25) is 5.91 Å². The second kappa shape index (κ2) is 10.9. The highest BCUT2D eigenvalue weighted by molar-refractivity contribution is 5.73. The van der Waals surface area contributed by atoms with Gasteiger partial charge in [0.1, 0.15) is 5.60 Å². The summed E-state index contributed by atoms with van der Waals surface area (Å²) in [5.41, 5.74) is 0.541. The molecule has 0 radical (unpaired) electrons. The predicted molar refractivity (Wildman–Crippen MR) is 106 cm³/mol. The fraction of sp³-hybridized carbons (Fsp3) is 0.650. The molecule has 1 heterocycles. The quantitative estimate of drug-likeness (QED) is 0.510. The lowest BCUT2D eigenvalue weighted by Gasteiger charge is -2.34. The van der Waals surface area contributed by atoms with Crippen molar-refractivity contribution in [1.29, 1.82) is 0 Å². The van der Waals surface area contributed by atoms with Crippen LogP contribution >= 0.6 is 0 Å². The van der Waals surface area contributed by atoms with Crippen molar-refractivity contribution in [1.82, 2.24) is 20.5 Å². The van der Waals surface area contributed by atoms with Crippen LogP contribution in [0.5, 0.6) is 0 Å². The molecule has 0 saturated carbocycles. The second-order valence-corrected chi connectivity index (χ2v) is 7.93. The van der Waals surface area contributed by atoms with Crippen molar-refractivity contribution in [3.05, 3.63) is 30.1 Å². The number of carbonyl (C=O) groups is 2. The Labute approximate surface area is 162 Å². The number of hydrogen-bond acceptors (Lipinski definition) is 5. The molecule has 0 aliphatic heterocycles. The van der Waals surface area contributed by atoms with Gasteiger partial charge in [0.05, 0.1) is 6.17 Å². The lowest BCUT2D eigenvalue weighted by Crippen LogP contribution is -2.51. The van der Waals surface area contributed by atoms with Gasteiger partial charge in [-0.15, -0.1) is 0 Å². The Morgan fingerprint density at radius 2 is 1.81 bits per heavy atom. The zero-order valence-corrected chi connectivity index (χ0v) is 17.4. The van der Waals surface area contributed by atoms with E-state index < -0.39 is 11.7 Å². The number of nitrogens with zero attached hydrogens (tertiary/aromatic N) is 2. The molecule has 0 aromatic carbocycles. The fourth-order valence-electron chi connectivity index (χ4n) is 2.64. The first-order valence-electron chi connectivity index (χ1n) is 9.46. The molecular formula is C20H34N4O3. The molecule has 152 valence electrons. The number of alkyl carbamates (subject to hydrolysis) is 1. The molecule has 0 aliphatic rings. The van der Waals surface area contributed by atoms with Gasteiger partial charge in [-0.25, -0.2) is 4.79 Å². The maximum absolute atomic E-state index is 12.2. The van der Waals surface area contributed by atoms with Gasteiger partial charge in [0, 0.05) is 32.4 Å². The van der Waals surface area contributed by atoms with E-state index in [1.54, 1.807) is 19.3 Å². The van der Waals surface area contributed by atoms with Crippen LogP contribution in [0.4, 0.5) is 4.79 Å². The molecule has 0 fully saturated rings. The van der Waals surface area contributed by atoms with Crippen LogP contribution < -0.4 is 10.6 Å². The standard InChI is InChI=1S/C20H34N4O3/c1-15(2)18(22-10-7-11-23-19(26)27-20(4,5)6)24(16(3)25)14-17-8-12-21-13-9-17/h8-9,12-13,15,18,22H,7,10-11,14H2,1-6H3,(H,23,26). The fourth-order valence-corrected chi connectivity index (χ4v) is 2.64. The van der Waals surface area contributed by atoms with Gasteiger partial charge in [0.15, 0.2) is 0 Å². The highest BCUT2D eigenvalue weighted by atomic mass is 16.6. The Morgan fingerprint density at radius 3 is 2.33 bits per heavy atom. The molecule has 1 aromatic heterocycles. The van der Waals surface area contributed by atoms with Gasteiger partial charge in [-0.1, -0.05) is 13.8 Å². The lowest BCUT2D eigenvalue weighted by atomic mass is 10.1. The predicted octanol–water partition coefficient (Wildman–Crippen LogP) is 2.92. The molecule has 0 spiro atoms. The number of pyridine rings is 1. The Kier molecular flexibility index (Phi) is 9.21. The summed E-state index contributed by atoms with van der Waals surface area (Å²) < 4.78 is 5.21. The Hall–Kier alpha value is -2.15. The van der Waals surface area contributed by atoms with E-state index in [1.807, 2.05) is 37.8 Å². The summed E-state index contributed by atoms with van der Waals surface area (Å²) >= 11 is 0. The molecule has 0 bridgehead atoms. The van der Waals surface area contributed by atoms with Crippen molar-refractivity contribution >= 4 is 12.0 Å². The monoisotopic (exact) mass is 378 g/mol. The SMILES string of the molecule is CC(=O)N(Cc1ccncc1)C(NCCCNC(=O)OC(C)(C)C)C(C)C. The number of ether oxygens (including phenoxy) is 1. The second-order valence-electron chi connectivity index (χ2n) is 7.93. The van der Waals surface area contributed by atoms with Crippen molar-refractivity contribution in [3.63, 3.8) is 0 Å². The molecule has 2 N–H and O–H groups in total. The summed E-state index contributed by atoms with van der Waals surface area (Å²) in [6.45, 7) is 13.0. The molecular weight excluding hydrogens is 344 g/mol. The van der Waals surface area contributed by atoms with Gasteiger partial charge in [-0.3, -0.25) is 15.1 Å². The largest absolute Gasteiger partial charge is 0.444 e. The summed E-state index contributed by atoms with van der Waals surface area (Å²) in [7, 11) is 0. The van der Waals surface area contributed by atoms with Crippen LogP contribution in [0, 0.1) is 5.92 Å². The molecule has 7 heteroatoms. The maximum atomic E-state index is 12.2. The van der Waals surface area contributed by atoms with E-state index in [-0.39, 0.29) is 18.0 Å². The average Bonchev–Trinajstić information content (AvgIpc) is 2.55. The first-order chi connectivity index (χ1) is 12.6. The van der Waals surface area contributed by atoms with E-state index in [0.717, 1.165) is 12.0 Å². The van der Waals surface area contributed by atoms with Crippen LogP contribution in [0.3, 0.4) is 0 Å². The van der Waals surface area contributed by atoms with Crippen molar-refractivity contribution in [2.75, 3.05) is 13.1 Å². The summed E-state index contributed by atoms with van der Waals surface area (Å²) in [6, 6.07) is 3.83. The molecule has 1 aromatic rings. The topological polar surface area (TPSA) is 83.6 Å². The number of nitrogens with one attached hydrogen (secondary N) is 2. The normalized spacial score (nSPS) is 12.6. The Balaban J connectivity index is 2.51. The summed E-state index contributed by atoms with van der Waals surface area (Å²) in [6.07, 6.45) is 3.70. The Bertz CT molecular complexity index is 585. The zero-order valence-electron chi connectivity index (χ0n) is 17.4. The first-order valence-corrected chi connectivity index (χ1v) is 9.46. The third kappa shape index (κ3) is 9.38. The molecule has 1 unspecified atom stereocenters. The highest BCUT2D eigenvalue weighted by Crippen LogP contribution is 2.13. The van der Waals surface area contributed by atoms with Crippen LogP contribution in [0.2, 0.25) is 0 Å².